The molecule has 76 valence electrons. The van der Waals surface area contributed by atoms with Crippen molar-refractivity contribution in [2.75, 3.05) is 6.26 Å². The molecule has 0 aliphatic heterocycles. The number of halogens is 1. The van der Waals surface area contributed by atoms with Crippen LogP contribution in [0, 0.1) is 5.82 Å². The number of hydrogen-bond donors (Lipinski definition) is 0. The molecule has 0 radical (unpaired) electrons. The van der Waals surface area contributed by atoms with E-state index in [0.717, 1.165) is 18.4 Å². The van der Waals surface area contributed by atoms with Gasteiger partial charge in [-0.25, -0.2) is 12.8 Å². The molecule has 0 aromatic heterocycles. The molecule has 6 heteroatoms. The van der Waals surface area contributed by atoms with Gasteiger partial charge < -0.3 is 9.90 Å². The second-order valence-corrected chi connectivity index (χ2v) is 4.69. The van der Waals surface area contributed by atoms with Crippen molar-refractivity contribution in [2.24, 2.45) is 0 Å². The quantitative estimate of drug-likeness (QED) is 0.675. The van der Waals surface area contributed by atoms with Crippen molar-refractivity contribution < 1.29 is 22.7 Å². The second kappa shape index (κ2) is 3.38. The number of carbonyl (C=O) groups is 1. The highest BCUT2D eigenvalue weighted by Crippen LogP contribution is 2.15. The van der Waals surface area contributed by atoms with E-state index in [0.29, 0.717) is 6.07 Å². The Hall–Kier alpha value is -1.43. The van der Waals surface area contributed by atoms with Crippen molar-refractivity contribution in [1.82, 2.24) is 0 Å². The first-order valence-electron chi connectivity index (χ1n) is 3.53. The van der Waals surface area contributed by atoms with Crippen LogP contribution < -0.4 is 5.11 Å². The summed E-state index contributed by atoms with van der Waals surface area (Å²) >= 11 is 0. The number of benzene rings is 1. The first-order valence-corrected chi connectivity index (χ1v) is 5.42. The lowest BCUT2D eigenvalue weighted by molar-refractivity contribution is -0.255. The maximum absolute atomic E-state index is 13.0. The fourth-order valence-electron chi connectivity index (χ4n) is 0.929. The summed E-state index contributed by atoms with van der Waals surface area (Å²) in [5.41, 5.74) is -0.394. The summed E-state index contributed by atoms with van der Waals surface area (Å²) in [6.07, 6.45) is 0.837. The van der Waals surface area contributed by atoms with E-state index in [9.17, 15) is 22.7 Å². The number of hydrogen-bond acceptors (Lipinski definition) is 4. The van der Waals surface area contributed by atoms with Crippen molar-refractivity contribution in [3.05, 3.63) is 29.6 Å². The molecule has 0 saturated carbocycles. The molecule has 0 aliphatic carbocycles. The normalized spacial score (nSPS) is 11.3. The van der Waals surface area contributed by atoms with Crippen molar-refractivity contribution >= 4 is 15.8 Å². The zero-order valence-corrected chi connectivity index (χ0v) is 7.97. The first kappa shape index (κ1) is 10.6. The molecule has 1 rings (SSSR count). The molecule has 1 aromatic carbocycles. The Morgan fingerprint density at radius 2 is 2.00 bits per heavy atom. The molecule has 0 spiro atoms. The Bertz CT molecular complexity index is 478. The van der Waals surface area contributed by atoms with Crippen molar-refractivity contribution in [2.45, 2.75) is 4.90 Å². The van der Waals surface area contributed by atoms with Crippen LogP contribution in [0.5, 0.6) is 0 Å². The zero-order valence-electron chi connectivity index (χ0n) is 7.15. The predicted octanol–water partition coefficient (Wildman–Crippen LogP) is -0.407. The Kier molecular flexibility index (Phi) is 2.57. The van der Waals surface area contributed by atoms with Crippen LogP contribution in [0.2, 0.25) is 0 Å². The number of rotatable bonds is 2. The van der Waals surface area contributed by atoms with Gasteiger partial charge in [-0.05, 0) is 12.1 Å². The number of aromatic carboxylic acids is 1. The van der Waals surface area contributed by atoms with E-state index < -0.39 is 32.1 Å². The van der Waals surface area contributed by atoms with Gasteiger partial charge in [-0.15, -0.1) is 0 Å². The molecule has 0 bridgehead atoms. The topological polar surface area (TPSA) is 74.3 Å². The number of carboxylic acids is 1. The molecule has 1 aromatic rings. The number of carbonyl (C=O) groups excluding carboxylic acids is 1. The Balaban J connectivity index is 3.35. The van der Waals surface area contributed by atoms with Gasteiger partial charge >= 0.3 is 0 Å². The van der Waals surface area contributed by atoms with Gasteiger partial charge in [0.2, 0.25) is 0 Å². The molecular weight excluding hydrogens is 211 g/mol. The van der Waals surface area contributed by atoms with Crippen LogP contribution in [0.25, 0.3) is 0 Å². The van der Waals surface area contributed by atoms with Crippen LogP contribution in [-0.2, 0) is 9.84 Å². The summed E-state index contributed by atoms with van der Waals surface area (Å²) in [4.78, 5) is 9.76. The van der Waals surface area contributed by atoms with E-state index >= 15 is 0 Å². The fraction of sp³-hybridized carbons (Fsp3) is 0.125. The molecule has 0 fully saturated rings. The Morgan fingerprint density at radius 1 is 1.43 bits per heavy atom. The zero-order chi connectivity index (χ0) is 10.9. The van der Waals surface area contributed by atoms with Crippen LogP contribution in [0.15, 0.2) is 23.1 Å². The third-order valence-electron chi connectivity index (χ3n) is 1.57. The lowest BCUT2D eigenvalue weighted by atomic mass is 10.2. The van der Waals surface area contributed by atoms with Crippen LogP contribution in [-0.4, -0.2) is 20.6 Å². The van der Waals surface area contributed by atoms with Gasteiger partial charge in [-0.1, -0.05) is 6.07 Å². The van der Waals surface area contributed by atoms with E-state index in [2.05, 4.69) is 0 Å². The third kappa shape index (κ3) is 2.08. The molecule has 0 atom stereocenters. The van der Waals surface area contributed by atoms with Gasteiger partial charge in [-0.2, -0.15) is 0 Å². The van der Waals surface area contributed by atoms with E-state index in [-0.39, 0.29) is 0 Å². The van der Waals surface area contributed by atoms with Crippen LogP contribution in [0.1, 0.15) is 10.4 Å². The first-order chi connectivity index (χ1) is 6.32. The molecule has 0 unspecified atom stereocenters. The molecule has 0 N–H and O–H groups in total. The van der Waals surface area contributed by atoms with E-state index in [1.165, 1.54) is 0 Å². The van der Waals surface area contributed by atoms with Crippen LogP contribution >= 0.6 is 0 Å². The predicted molar refractivity (Wildman–Crippen MR) is 43.8 cm³/mol. The average molecular weight is 217 g/mol. The lowest BCUT2D eigenvalue weighted by Crippen LogP contribution is -2.22. The molecular formula is C8H6FO4S-. The van der Waals surface area contributed by atoms with Crippen molar-refractivity contribution in [3.63, 3.8) is 0 Å². The van der Waals surface area contributed by atoms with Crippen molar-refractivity contribution in [3.8, 4) is 0 Å². The smallest absolute Gasteiger partial charge is 0.178 e. The Labute approximate surface area is 79.9 Å². The standard InChI is InChI=1S/C8H7FO4S/c1-14(12,13)7-3-2-5(8(10)11)4-6(7)9/h2-4H,1H3,(H,10,11)/p-1. The Morgan fingerprint density at radius 3 is 2.36 bits per heavy atom. The maximum atomic E-state index is 13.0. The SMILES string of the molecule is CS(=O)(=O)c1ccc(C(=O)[O-])cc1F. The summed E-state index contributed by atoms with van der Waals surface area (Å²) in [5.74, 6) is -2.64. The number of sulfone groups is 1. The van der Waals surface area contributed by atoms with E-state index in [4.69, 9.17) is 0 Å². The largest absolute Gasteiger partial charge is 0.545 e. The van der Waals surface area contributed by atoms with Gasteiger partial charge in [0.1, 0.15) is 10.7 Å². The molecule has 0 heterocycles. The van der Waals surface area contributed by atoms with E-state index in [1.807, 2.05) is 0 Å². The monoisotopic (exact) mass is 217 g/mol. The van der Waals surface area contributed by atoms with E-state index in [1.54, 1.807) is 0 Å². The molecule has 0 aliphatic rings. The van der Waals surface area contributed by atoms with Gasteiger partial charge in [0.05, 0.1) is 5.97 Å². The maximum Gasteiger partial charge on any atom is 0.178 e. The second-order valence-electron chi connectivity index (χ2n) is 2.70. The highest BCUT2D eigenvalue weighted by Gasteiger charge is 2.13. The number of carboxylic acid groups (broad SMARTS) is 1. The summed E-state index contributed by atoms with van der Waals surface area (Å²) in [7, 11) is -3.66. The molecule has 0 saturated heterocycles. The fourth-order valence-corrected chi connectivity index (χ4v) is 1.66. The van der Waals surface area contributed by atoms with Gasteiger partial charge in [0.25, 0.3) is 0 Å². The summed E-state index contributed by atoms with van der Waals surface area (Å²) in [6, 6.07) is 2.50. The minimum atomic E-state index is -3.66. The highest BCUT2D eigenvalue weighted by molar-refractivity contribution is 7.90. The molecule has 0 amide bonds. The summed E-state index contributed by atoms with van der Waals surface area (Å²) in [5, 5.41) is 10.3. The van der Waals surface area contributed by atoms with Crippen LogP contribution in [0.4, 0.5) is 4.39 Å². The lowest BCUT2D eigenvalue weighted by Gasteiger charge is -2.04. The summed E-state index contributed by atoms with van der Waals surface area (Å²) in [6.45, 7) is 0. The van der Waals surface area contributed by atoms with Gasteiger partial charge in [0.15, 0.2) is 9.84 Å². The minimum Gasteiger partial charge on any atom is -0.545 e. The van der Waals surface area contributed by atoms with Crippen LogP contribution in [0.3, 0.4) is 0 Å². The average Bonchev–Trinajstić information content (AvgIpc) is 2.01. The highest BCUT2D eigenvalue weighted by atomic mass is 32.2. The summed E-state index contributed by atoms with van der Waals surface area (Å²) < 4.78 is 34.9. The van der Waals surface area contributed by atoms with Gasteiger partial charge in [-0.3, -0.25) is 0 Å². The minimum absolute atomic E-state index is 0.394. The van der Waals surface area contributed by atoms with Crippen molar-refractivity contribution in [1.29, 1.82) is 0 Å². The molecule has 14 heavy (non-hydrogen) atoms. The third-order valence-corrected chi connectivity index (χ3v) is 2.70. The molecule has 4 nitrogen and oxygen atoms in total. The van der Waals surface area contributed by atoms with Gasteiger partial charge in [0, 0.05) is 11.8 Å².